The highest BCUT2D eigenvalue weighted by atomic mass is 15.2. The largest absolute Gasteiger partial charge is 0.330 e. The molecule has 1 aliphatic heterocycles. The molecule has 0 aromatic rings. The van der Waals surface area contributed by atoms with Gasteiger partial charge in [0.1, 0.15) is 0 Å². The first-order valence-corrected chi connectivity index (χ1v) is 6.24. The van der Waals surface area contributed by atoms with Gasteiger partial charge in [0.25, 0.3) is 0 Å². The molecule has 0 spiro atoms. The predicted octanol–water partition coefficient (Wildman–Crippen LogP) is 0.855. The molecule has 0 radical (unpaired) electrons. The van der Waals surface area contributed by atoms with Crippen molar-refractivity contribution in [3.63, 3.8) is 0 Å². The third kappa shape index (κ3) is 4.09. The Morgan fingerprint density at radius 1 is 1.33 bits per heavy atom. The number of hydrogen-bond donors (Lipinski definition) is 1. The van der Waals surface area contributed by atoms with Crippen LogP contribution >= 0.6 is 0 Å². The lowest BCUT2D eigenvalue weighted by Gasteiger charge is -2.38. The molecule has 0 aliphatic carbocycles. The highest BCUT2D eigenvalue weighted by molar-refractivity contribution is 4.80. The summed E-state index contributed by atoms with van der Waals surface area (Å²) in [7, 11) is 4.29. The monoisotopic (exact) mass is 213 g/mol. The van der Waals surface area contributed by atoms with E-state index in [-0.39, 0.29) is 0 Å². The lowest BCUT2D eigenvalue weighted by molar-refractivity contribution is 0.113. The minimum absolute atomic E-state index is 0.769. The van der Waals surface area contributed by atoms with Crippen molar-refractivity contribution in [2.45, 2.75) is 19.8 Å². The first kappa shape index (κ1) is 12.9. The van der Waals surface area contributed by atoms with Crippen LogP contribution in [0.3, 0.4) is 0 Å². The summed E-state index contributed by atoms with van der Waals surface area (Å²) < 4.78 is 0. The fraction of sp³-hybridized carbons (Fsp3) is 1.00. The smallest absolute Gasteiger partial charge is 0.0109 e. The minimum atomic E-state index is 0.769. The number of likely N-dealkylation sites (tertiary alicyclic amines) is 1. The zero-order valence-electron chi connectivity index (χ0n) is 10.6. The Morgan fingerprint density at radius 3 is 2.60 bits per heavy atom. The van der Waals surface area contributed by atoms with Gasteiger partial charge in [-0.05, 0) is 45.4 Å². The molecule has 2 unspecified atom stereocenters. The quantitative estimate of drug-likeness (QED) is 0.735. The standard InChI is InChI=1S/C12H27N3/c1-4-11-10-15(8-7-14(2)3)6-5-12(11)9-13/h11-12H,4-10,13H2,1-3H3. The Hall–Kier alpha value is -0.120. The predicted molar refractivity (Wildman–Crippen MR) is 65.9 cm³/mol. The van der Waals surface area contributed by atoms with Crippen molar-refractivity contribution in [1.82, 2.24) is 9.80 Å². The van der Waals surface area contributed by atoms with Gasteiger partial charge in [-0.1, -0.05) is 13.3 Å². The minimum Gasteiger partial charge on any atom is -0.330 e. The van der Waals surface area contributed by atoms with Crippen molar-refractivity contribution in [1.29, 1.82) is 0 Å². The lowest BCUT2D eigenvalue weighted by atomic mass is 9.84. The highest BCUT2D eigenvalue weighted by Gasteiger charge is 2.26. The number of piperidine rings is 1. The molecule has 0 amide bonds. The molecule has 1 heterocycles. The zero-order chi connectivity index (χ0) is 11.3. The maximum absolute atomic E-state index is 5.81. The molecule has 3 heteroatoms. The Kier molecular flexibility index (Phi) is 5.58. The van der Waals surface area contributed by atoms with Gasteiger partial charge in [0, 0.05) is 19.6 Å². The summed E-state index contributed by atoms with van der Waals surface area (Å²) in [5.74, 6) is 1.59. The van der Waals surface area contributed by atoms with Gasteiger partial charge in [0.05, 0.1) is 0 Å². The molecule has 1 aliphatic rings. The molecule has 0 aromatic heterocycles. The average Bonchev–Trinajstić information content (AvgIpc) is 2.25. The number of nitrogens with two attached hydrogens (primary N) is 1. The van der Waals surface area contributed by atoms with Crippen molar-refractivity contribution in [3.8, 4) is 0 Å². The van der Waals surface area contributed by atoms with E-state index in [9.17, 15) is 0 Å². The molecule has 1 fully saturated rings. The summed E-state index contributed by atoms with van der Waals surface area (Å²) in [4.78, 5) is 4.86. The second-order valence-electron chi connectivity index (χ2n) is 5.06. The molecule has 1 saturated heterocycles. The van der Waals surface area contributed by atoms with Crippen LogP contribution in [0.15, 0.2) is 0 Å². The van der Waals surface area contributed by atoms with Crippen molar-refractivity contribution in [2.75, 3.05) is 46.8 Å². The van der Waals surface area contributed by atoms with E-state index in [4.69, 9.17) is 5.73 Å². The third-order valence-electron chi connectivity index (χ3n) is 3.67. The molecule has 15 heavy (non-hydrogen) atoms. The summed E-state index contributed by atoms with van der Waals surface area (Å²) in [6.07, 6.45) is 2.57. The zero-order valence-corrected chi connectivity index (χ0v) is 10.6. The van der Waals surface area contributed by atoms with Crippen molar-refractivity contribution in [2.24, 2.45) is 17.6 Å². The van der Waals surface area contributed by atoms with Crippen LogP contribution in [-0.2, 0) is 0 Å². The molecule has 2 atom stereocenters. The number of likely N-dealkylation sites (N-methyl/N-ethyl adjacent to an activating group) is 1. The first-order chi connectivity index (χ1) is 7.17. The van der Waals surface area contributed by atoms with Gasteiger partial charge >= 0.3 is 0 Å². The van der Waals surface area contributed by atoms with Gasteiger partial charge in [0.2, 0.25) is 0 Å². The van der Waals surface area contributed by atoms with E-state index >= 15 is 0 Å². The summed E-state index contributed by atoms with van der Waals surface area (Å²) in [5, 5.41) is 0. The molecule has 0 saturated carbocycles. The van der Waals surface area contributed by atoms with Gasteiger partial charge in [-0.15, -0.1) is 0 Å². The molecule has 1 rings (SSSR count). The fourth-order valence-corrected chi connectivity index (χ4v) is 2.47. The van der Waals surface area contributed by atoms with E-state index in [0.29, 0.717) is 0 Å². The Bertz CT molecular complexity index is 170. The van der Waals surface area contributed by atoms with E-state index in [0.717, 1.165) is 18.4 Å². The molecule has 0 aromatic carbocycles. The summed E-state index contributed by atoms with van der Waals surface area (Å²) in [6, 6.07) is 0. The topological polar surface area (TPSA) is 32.5 Å². The Morgan fingerprint density at radius 2 is 2.07 bits per heavy atom. The molecule has 2 N–H and O–H groups in total. The fourth-order valence-electron chi connectivity index (χ4n) is 2.47. The van der Waals surface area contributed by atoms with Crippen LogP contribution in [0.1, 0.15) is 19.8 Å². The van der Waals surface area contributed by atoms with Crippen molar-refractivity contribution >= 4 is 0 Å². The van der Waals surface area contributed by atoms with E-state index in [1.807, 2.05) is 0 Å². The second-order valence-corrected chi connectivity index (χ2v) is 5.06. The van der Waals surface area contributed by atoms with Gasteiger partial charge in [-0.3, -0.25) is 0 Å². The summed E-state index contributed by atoms with van der Waals surface area (Å²) in [5.41, 5.74) is 5.81. The summed E-state index contributed by atoms with van der Waals surface area (Å²) in [6.45, 7) is 8.05. The third-order valence-corrected chi connectivity index (χ3v) is 3.67. The highest BCUT2D eigenvalue weighted by Crippen LogP contribution is 2.24. The van der Waals surface area contributed by atoms with Crippen LogP contribution in [0, 0.1) is 11.8 Å². The number of nitrogens with zero attached hydrogens (tertiary/aromatic N) is 2. The Labute approximate surface area is 94.6 Å². The Balaban J connectivity index is 2.32. The first-order valence-electron chi connectivity index (χ1n) is 6.24. The van der Waals surface area contributed by atoms with E-state index in [1.165, 1.54) is 39.0 Å². The van der Waals surface area contributed by atoms with Crippen LogP contribution in [-0.4, -0.2) is 56.6 Å². The maximum Gasteiger partial charge on any atom is 0.0109 e. The van der Waals surface area contributed by atoms with Crippen LogP contribution < -0.4 is 5.73 Å². The molecule has 3 nitrogen and oxygen atoms in total. The normalized spacial score (nSPS) is 28.6. The van der Waals surface area contributed by atoms with Gasteiger partial charge in [0.15, 0.2) is 0 Å². The van der Waals surface area contributed by atoms with Crippen LogP contribution in [0.25, 0.3) is 0 Å². The van der Waals surface area contributed by atoms with Crippen LogP contribution in [0.5, 0.6) is 0 Å². The van der Waals surface area contributed by atoms with Gasteiger partial charge in [-0.2, -0.15) is 0 Å². The molecular weight excluding hydrogens is 186 g/mol. The lowest BCUT2D eigenvalue weighted by Crippen LogP contribution is -2.44. The van der Waals surface area contributed by atoms with Gasteiger partial charge in [-0.25, -0.2) is 0 Å². The van der Waals surface area contributed by atoms with E-state index in [1.54, 1.807) is 0 Å². The molecular formula is C12H27N3. The van der Waals surface area contributed by atoms with Crippen LogP contribution in [0.4, 0.5) is 0 Å². The average molecular weight is 213 g/mol. The SMILES string of the molecule is CCC1CN(CCN(C)C)CCC1CN. The van der Waals surface area contributed by atoms with Crippen LogP contribution in [0.2, 0.25) is 0 Å². The molecule has 90 valence electrons. The maximum atomic E-state index is 5.81. The van der Waals surface area contributed by atoms with E-state index in [2.05, 4.69) is 30.8 Å². The second kappa shape index (κ2) is 6.46. The summed E-state index contributed by atoms with van der Waals surface area (Å²) >= 11 is 0. The van der Waals surface area contributed by atoms with Crippen molar-refractivity contribution < 1.29 is 0 Å². The number of rotatable bonds is 5. The number of hydrogen-bond acceptors (Lipinski definition) is 3. The molecule has 0 bridgehead atoms. The van der Waals surface area contributed by atoms with Crippen molar-refractivity contribution in [3.05, 3.63) is 0 Å². The van der Waals surface area contributed by atoms with Gasteiger partial charge < -0.3 is 15.5 Å². The van der Waals surface area contributed by atoms with E-state index < -0.39 is 0 Å².